The van der Waals surface area contributed by atoms with Crippen LogP contribution < -0.4 is 5.32 Å². The Labute approximate surface area is 109 Å². The molecule has 0 aromatic rings. The fraction of sp³-hybridized carbons (Fsp3) is 0.833. The van der Waals surface area contributed by atoms with Gasteiger partial charge >= 0.3 is 0 Å². The number of nitrogens with zero attached hydrogens (tertiary/aromatic N) is 2. The predicted octanol–water partition coefficient (Wildman–Crippen LogP) is 1.21. The minimum Gasteiger partial charge on any atom is -0.360 e. The maximum atomic E-state index is 11.5. The molecule has 0 bridgehead atoms. The Kier molecular flexibility index (Phi) is 5.68. The summed E-state index contributed by atoms with van der Waals surface area (Å²) in [6.07, 6.45) is 6.27. The molecule has 17 heavy (non-hydrogen) atoms. The highest BCUT2D eigenvalue weighted by atomic mass is 32.1. The van der Waals surface area contributed by atoms with Crippen LogP contribution in [0.1, 0.15) is 32.1 Å². The molecule has 1 fully saturated rings. The molecule has 0 heterocycles. The molecule has 5 heteroatoms. The molecule has 0 atom stereocenters. The number of thiocarbonyl (C=S) groups is 1. The molecular formula is C12H23N3OS. The van der Waals surface area contributed by atoms with Crippen molar-refractivity contribution in [3.8, 4) is 0 Å². The highest BCUT2D eigenvalue weighted by molar-refractivity contribution is 7.80. The molecule has 0 aromatic carbocycles. The van der Waals surface area contributed by atoms with Crippen LogP contribution in [0.3, 0.4) is 0 Å². The van der Waals surface area contributed by atoms with Gasteiger partial charge in [-0.3, -0.25) is 4.79 Å². The summed E-state index contributed by atoms with van der Waals surface area (Å²) in [4.78, 5) is 14.9. The number of hydrogen-bond acceptors (Lipinski definition) is 2. The molecule has 1 rings (SSSR count). The van der Waals surface area contributed by atoms with Crippen LogP contribution in [0, 0.1) is 0 Å². The lowest BCUT2D eigenvalue weighted by molar-refractivity contribution is -0.128. The van der Waals surface area contributed by atoms with Gasteiger partial charge in [0.2, 0.25) is 5.91 Å². The fourth-order valence-electron chi connectivity index (χ4n) is 1.95. The first-order chi connectivity index (χ1) is 8.00. The number of likely N-dealkylation sites (N-methyl/N-ethyl adjacent to an activating group) is 2. The second-order valence-corrected chi connectivity index (χ2v) is 5.32. The Morgan fingerprint density at radius 3 is 2.35 bits per heavy atom. The van der Waals surface area contributed by atoms with Gasteiger partial charge in [0.15, 0.2) is 5.11 Å². The Balaban J connectivity index is 2.33. The van der Waals surface area contributed by atoms with Gasteiger partial charge in [-0.25, -0.2) is 0 Å². The van der Waals surface area contributed by atoms with E-state index >= 15 is 0 Å². The number of amides is 1. The first-order valence-corrected chi connectivity index (χ1v) is 6.63. The highest BCUT2D eigenvalue weighted by Crippen LogP contribution is 2.17. The number of rotatable bonds is 3. The zero-order valence-corrected chi connectivity index (χ0v) is 11.8. The molecule has 0 saturated heterocycles. The van der Waals surface area contributed by atoms with Gasteiger partial charge in [0, 0.05) is 27.2 Å². The van der Waals surface area contributed by atoms with E-state index in [1.807, 2.05) is 11.9 Å². The van der Waals surface area contributed by atoms with Gasteiger partial charge in [0.25, 0.3) is 0 Å². The molecular weight excluding hydrogens is 234 g/mol. The smallest absolute Gasteiger partial charge is 0.241 e. The molecule has 0 aromatic heterocycles. The topological polar surface area (TPSA) is 35.6 Å². The Hall–Kier alpha value is -0.840. The van der Waals surface area contributed by atoms with Gasteiger partial charge in [-0.2, -0.15) is 0 Å². The van der Waals surface area contributed by atoms with Gasteiger partial charge < -0.3 is 15.1 Å². The van der Waals surface area contributed by atoms with Crippen molar-refractivity contribution in [3.63, 3.8) is 0 Å². The third kappa shape index (κ3) is 4.89. The van der Waals surface area contributed by atoms with Crippen LogP contribution in [0.4, 0.5) is 0 Å². The van der Waals surface area contributed by atoms with Crippen molar-refractivity contribution in [2.75, 3.05) is 27.7 Å². The molecule has 0 aliphatic heterocycles. The SMILES string of the molecule is CN(C)C(=O)CN(C)C(=S)NC1CCCCC1. The summed E-state index contributed by atoms with van der Waals surface area (Å²) in [5.74, 6) is 0.0697. The van der Waals surface area contributed by atoms with Crippen molar-refractivity contribution >= 4 is 23.2 Å². The summed E-state index contributed by atoms with van der Waals surface area (Å²) in [6.45, 7) is 0.339. The minimum atomic E-state index is 0.0697. The Bertz CT molecular complexity index is 275. The van der Waals surface area contributed by atoms with Crippen LogP contribution in [-0.2, 0) is 4.79 Å². The third-order valence-electron chi connectivity index (χ3n) is 3.15. The first kappa shape index (κ1) is 14.2. The van der Waals surface area contributed by atoms with Crippen LogP contribution in [0.25, 0.3) is 0 Å². The quantitative estimate of drug-likeness (QED) is 0.771. The maximum Gasteiger partial charge on any atom is 0.241 e. The van der Waals surface area contributed by atoms with Gasteiger partial charge in [-0.15, -0.1) is 0 Å². The molecule has 0 unspecified atom stereocenters. The van der Waals surface area contributed by atoms with Crippen molar-refractivity contribution in [2.24, 2.45) is 0 Å². The van der Waals surface area contributed by atoms with E-state index in [1.54, 1.807) is 19.0 Å². The second-order valence-electron chi connectivity index (χ2n) is 4.93. The summed E-state index contributed by atoms with van der Waals surface area (Å²) < 4.78 is 0. The fourth-order valence-corrected chi connectivity index (χ4v) is 2.18. The van der Waals surface area contributed by atoms with Gasteiger partial charge in [0.05, 0.1) is 6.54 Å². The number of nitrogens with one attached hydrogen (secondary N) is 1. The van der Waals surface area contributed by atoms with Gasteiger partial charge in [-0.05, 0) is 25.1 Å². The largest absolute Gasteiger partial charge is 0.360 e. The zero-order valence-electron chi connectivity index (χ0n) is 11.0. The molecule has 4 nitrogen and oxygen atoms in total. The lowest BCUT2D eigenvalue weighted by Crippen LogP contribution is -2.46. The van der Waals surface area contributed by atoms with Crippen LogP contribution in [-0.4, -0.2) is 54.5 Å². The van der Waals surface area contributed by atoms with E-state index in [0.29, 0.717) is 17.7 Å². The first-order valence-electron chi connectivity index (χ1n) is 6.22. The Morgan fingerprint density at radius 1 is 1.24 bits per heavy atom. The van der Waals surface area contributed by atoms with E-state index in [4.69, 9.17) is 12.2 Å². The van der Waals surface area contributed by atoms with E-state index in [1.165, 1.54) is 32.1 Å². The van der Waals surface area contributed by atoms with E-state index in [-0.39, 0.29) is 5.91 Å². The number of carbonyl (C=O) groups excluding carboxylic acids is 1. The van der Waals surface area contributed by atoms with E-state index in [2.05, 4.69) is 5.32 Å². The molecule has 1 N–H and O–H groups in total. The summed E-state index contributed by atoms with van der Waals surface area (Å²) in [5.41, 5.74) is 0. The normalized spacial score (nSPS) is 16.4. The van der Waals surface area contributed by atoms with Gasteiger partial charge in [0.1, 0.15) is 0 Å². The molecule has 0 spiro atoms. The summed E-state index contributed by atoms with van der Waals surface area (Å²) in [5, 5.41) is 4.04. The molecule has 0 radical (unpaired) electrons. The predicted molar refractivity (Wildman–Crippen MR) is 73.9 cm³/mol. The lowest BCUT2D eigenvalue weighted by Gasteiger charge is -2.28. The van der Waals surface area contributed by atoms with Crippen molar-refractivity contribution in [1.29, 1.82) is 0 Å². The van der Waals surface area contributed by atoms with Crippen LogP contribution in [0.15, 0.2) is 0 Å². The lowest BCUT2D eigenvalue weighted by atomic mass is 9.96. The zero-order chi connectivity index (χ0) is 12.8. The summed E-state index contributed by atoms with van der Waals surface area (Å²) in [7, 11) is 5.38. The molecule has 98 valence electrons. The van der Waals surface area contributed by atoms with Crippen LogP contribution in [0.2, 0.25) is 0 Å². The van der Waals surface area contributed by atoms with Crippen LogP contribution in [0.5, 0.6) is 0 Å². The standard InChI is InChI=1S/C12H23N3OS/c1-14(2)11(16)9-15(3)12(17)13-10-7-5-4-6-8-10/h10H,4-9H2,1-3H3,(H,13,17). The Morgan fingerprint density at radius 2 is 1.82 bits per heavy atom. The molecule has 1 aliphatic rings. The van der Waals surface area contributed by atoms with Crippen molar-refractivity contribution in [1.82, 2.24) is 15.1 Å². The average molecular weight is 257 g/mol. The van der Waals surface area contributed by atoms with E-state index < -0.39 is 0 Å². The van der Waals surface area contributed by atoms with Gasteiger partial charge in [-0.1, -0.05) is 19.3 Å². The maximum absolute atomic E-state index is 11.5. The van der Waals surface area contributed by atoms with Crippen LogP contribution >= 0.6 is 12.2 Å². The molecule has 1 saturated carbocycles. The average Bonchev–Trinajstić information content (AvgIpc) is 2.29. The van der Waals surface area contributed by atoms with Crippen molar-refractivity contribution < 1.29 is 4.79 Å². The monoisotopic (exact) mass is 257 g/mol. The second kappa shape index (κ2) is 6.79. The molecule has 1 aliphatic carbocycles. The third-order valence-corrected chi connectivity index (χ3v) is 3.58. The minimum absolute atomic E-state index is 0.0697. The summed E-state index contributed by atoms with van der Waals surface area (Å²) >= 11 is 5.31. The number of hydrogen-bond donors (Lipinski definition) is 1. The number of carbonyl (C=O) groups is 1. The highest BCUT2D eigenvalue weighted by Gasteiger charge is 2.17. The van der Waals surface area contributed by atoms with Crippen molar-refractivity contribution in [2.45, 2.75) is 38.1 Å². The summed E-state index contributed by atoms with van der Waals surface area (Å²) in [6, 6.07) is 0.494. The van der Waals surface area contributed by atoms with E-state index in [9.17, 15) is 4.79 Å². The van der Waals surface area contributed by atoms with E-state index in [0.717, 1.165) is 0 Å². The van der Waals surface area contributed by atoms with Crippen molar-refractivity contribution in [3.05, 3.63) is 0 Å². The molecule has 1 amide bonds.